The summed E-state index contributed by atoms with van der Waals surface area (Å²) >= 11 is 7.84. The van der Waals surface area contributed by atoms with Gasteiger partial charge in [0.25, 0.3) is 0 Å². The summed E-state index contributed by atoms with van der Waals surface area (Å²) in [6, 6.07) is 14.3. The van der Waals surface area contributed by atoms with Crippen LogP contribution >= 0.6 is 23.4 Å². The summed E-state index contributed by atoms with van der Waals surface area (Å²) in [5, 5.41) is 0.796. The second-order valence-electron chi connectivity index (χ2n) is 4.74. The number of halogens is 2. The van der Waals surface area contributed by atoms with Gasteiger partial charge in [-0.1, -0.05) is 41.9 Å². The topological polar surface area (TPSA) is 26.0 Å². The zero-order chi connectivity index (χ0) is 14.5. The standard InChI is InChI=1S/C16H17ClFNS/c1-11(19)16(12-6-4-7-14(18)9-12)20-10-13-5-2-3-8-15(13)17/h2-9,11,16H,10,19H2,1H3. The van der Waals surface area contributed by atoms with Gasteiger partial charge in [0.15, 0.2) is 0 Å². The van der Waals surface area contributed by atoms with E-state index >= 15 is 0 Å². The minimum Gasteiger partial charge on any atom is -0.327 e. The van der Waals surface area contributed by atoms with Crippen LogP contribution in [0.1, 0.15) is 23.3 Å². The lowest BCUT2D eigenvalue weighted by atomic mass is 10.1. The lowest BCUT2D eigenvalue weighted by Gasteiger charge is -2.21. The Hall–Kier alpha value is -1.03. The monoisotopic (exact) mass is 309 g/mol. The van der Waals surface area contributed by atoms with Crippen LogP contribution in [0.3, 0.4) is 0 Å². The number of nitrogens with two attached hydrogens (primary N) is 1. The average Bonchev–Trinajstić information content (AvgIpc) is 2.41. The maximum Gasteiger partial charge on any atom is 0.123 e. The molecule has 2 aromatic carbocycles. The molecule has 0 aromatic heterocycles. The quantitative estimate of drug-likeness (QED) is 0.858. The van der Waals surface area contributed by atoms with Crippen LogP contribution < -0.4 is 5.73 Å². The highest BCUT2D eigenvalue weighted by molar-refractivity contribution is 7.98. The minimum atomic E-state index is -0.230. The number of hydrogen-bond donors (Lipinski definition) is 1. The van der Waals surface area contributed by atoms with Crippen molar-refractivity contribution >= 4 is 23.4 Å². The van der Waals surface area contributed by atoms with Gasteiger partial charge in [-0.05, 0) is 36.2 Å². The maximum absolute atomic E-state index is 13.3. The van der Waals surface area contributed by atoms with E-state index in [2.05, 4.69) is 0 Å². The van der Waals surface area contributed by atoms with Gasteiger partial charge < -0.3 is 5.73 Å². The summed E-state index contributed by atoms with van der Waals surface area (Å²) in [7, 11) is 0. The number of benzene rings is 2. The average molecular weight is 310 g/mol. The zero-order valence-corrected chi connectivity index (χ0v) is 12.8. The van der Waals surface area contributed by atoms with Crippen molar-refractivity contribution in [1.82, 2.24) is 0 Å². The van der Waals surface area contributed by atoms with Crippen molar-refractivity contribution in [3.05, 3.63) is 70.5 Å². The Labute approximate surface area is 128 Å². The fourth-order valence-electron chi connectivity index (χ4n) is 2.03. The van der Waals surface area contributed by atoms with E-state index in [0.717, 1.165) is 21.9 Å². The molecular weight excluding hydrogens is 293 g/mol. The molecule has 2 atom stereocenters. The third kappa shape index (κ3) is 3.98. The second-order valence-corrected chi connectivity index (χ2v) is 6.27. The molecule has 2 rings (SSSR count). The molecule has 106 valence electrons. The molecule has 0 saturated carbocycles. The Morgan fingerprint density at radius 3 is 2.60 bits per heavy atom. The third-order valence-corrected chi connectivity index (χ3v) is 4.94. The molecular formula is C16H17ClFNS. The van der Waals surface area contributed by atoms with Gasteiger partial charge in [-0.3, -0.25) is 0 Å². The van der Waals surface area contributed by atoms with Gasteiger partial charge in [0.2, 0.25) is 0 Å². The van der Waals surface area contributed by atoms with E-state index in [-0.39, 0.29) is 17.1 Å². The van der Waals surface area contributed by atoms with Crippen LogP contribution in [0, 0.1) is 5.82 Å². The fourth-order valence-corrected chi connectivity index (χ4v) is 3.57. The van der Waals surface area contributed by atoms with Gasteiger partial charge in [0.05, 0.1) is 0 Å². The summed E-state index contributed by atoms with van der Waals surface area (Å²) in [6.07, 6.45) is 0. The van der Waals surface area contributed by atoms with Crippen LogP contribution in [-0.4, -0.2) is 6.04 Å². The summed E-state index contributed by atoms with van der Waals surface area (Å²) in [5.74, 6) is 0.522. The van der Waals surface area contributed by atoms with Crippen molar-refractivity contribution in [3.63, 3.8) is 0 Å². The Morgan fingerprint density at radius 1 is 1.20 bits per heavy atom. The van der Waals surface area contributed by atoms with Crippen LogP contribution in [0.15, 0.2) is 48.5 Å². The Balaban J connectivity index is 2.13. The van der Waals surface area contributed by atoms with Crippen molar-refractivity contribution in [1.29, 1.82) is 0 Å². The molecule has 20 heavy (non-hydrogen) atoms. The van der Waals surface area contributed by atoms with Crippen molar-refractivity contribution < 1.29 is 4.39 Å². The fraction of sp³-hybridized carbons (Fsp3) is 0.250. The normalized spacial score (nSPS) is 14.0. The zero-order valence-electron chi connectivity index (χ0n) is 11.2. The van der Waals surface area contributed by atoms with Crippen molar-refractivity contribution in [3.8, 4) is 0 Å². The first-order valence-corrected chi connectivity index (χ1v) is 7.86. The first kappa shape index (κ1) is 15.4. The Bertz CT molecular complexity index is 574. The highest BCUT2D eigenvalue weighted by atomic mass is 35.5. The number of rotatable bonds is 5. The molecule has 0 saturated heterocycles. The molecule has 0 heterocycles. The molecule has 2 unspecified atom stereocenters. The van der Waals surface area contributed by atoms with Gasteiger partial charge in [-0.2, -0.15) is 0 Å². The van der Waals surface area contributed by atoms with Gasteiger partial charge in [0, 0.05) is 22.1 Å². The molecule has 0 fully saturated rings. The number of hydrogen-bond acceptors (Lipinski definition) is 2. The van der Waals surface area contributed by atoms with Gasteiger partial charge >= 0.3 is 0 Å². The molecule has 0 aliphatic heterocycles. The largest absolute Gasteiger partial charge is 0.327 e. The van der Waals surface area contributed by atoms with Gasteiger partial charge in [-0.25, -0.2) is 4.39 Å². The summed E-state index contributed by atoms with van der Waals surface area (Å²) in [5.41, 5.74) is 8.03. The lowest BCUT2D eigenvalue weighted by Crippen LogP contribution is -2.22. The van der Waals surface area contributed by atoms with Crippen LogP contribution in [0.25, 0.3) is 0 Å². The SMILES string of the molecule is CC(N)C(SCc1ccccc1Cl)c1cccc(F)c1. The van der Waals surface area contributed by atoms with Crippen LogP contribution in [0.5, 0.6) is 0 Å². The smallest absolute Gasteiger partial charge is 0.123 e. The van der Waals surface area contributed by atoms with E-state index in [4.69, 9.17) is 17.3 Å². The molecule has 0 aliphatic rings. The number of thioether (sulfide) groups is 1. The molecule has 0 aliphatic carbocycles. The van der Waals surface area contributed by atoms with E-state index in [9.17, 15) is 4.39 Å². The van der Waals surface area contributed by atoms with Crippen molar-refractivity contribution in [2.24, 2.45) is 5.73 Å². The van der Waals surface area contributed by atoms with E-state index < -0.39 is 0 Å². The summed E-state index contributed by atoms with van der Waals surface area (Å²) in [6.45, 7) is 1.94. The first-order chi connectivity index (χ1) is 9.58. The van der Waals surface area contributed by atoms with Crippen molar-refractivity contribution in [2.45, 2.75) is 24.0 Å². The van der Waals surface area contributed by atoms with E-state index in [1.54, 1.807) is 23.9 Å². The molecule has 0 bridgehead atoms. The summed E-state index contributed by atoms with van der Waals surface area (Å²) in [4.78, 5) is 0. The third-order valence-electron chi connectivity index (χ3n) is 3.03. The van der Waals surface area contributed by atoms with Crippen LogP contribution in [-0.2, 0) is 5.75 Å². The van der Waals surface area contributed by atoms with Crippen LogP contribution in [0.2, 0.25) is 5.02 Å². The van der Waals surface area contributed by atoms with E-state index in [0.29, 0.717) is 0 Å². The molecule has 1 nitrogen and oxygen atoms in total. The minimum absolute atomic E-state index is 0.0435. The first-order valence-electron chi connectivity index (χ1n) is 6.44. The molecule has 0 radical (unpaired) electrons. The molecule has 2 aromatic rings. The molecule has 2 N–H and O–H groups in total. The Morgan fingerprint density at radius 2 is 1.95 bits per heavy atom. The van der Waals surface area contributed by atoms with E-state index in [1.807, 2.05) is 37.3 Å². The molecule has 0 amide bonds. The highest BCUT2D eigenvalue weighted by Gasteiger charge is 2.17. The predicted octanol–water partition coefficient (Wildman–Crippen LogP) is 4.80. The van der Waals surface area contributed by atoms with Crippen LogP contribution in [0.4, 0.5) is 4.39 Å². The highest BCUT2D eigenvalue weighted by Crippen LogP contribution is 2.35. The molecule has 0 spiro atoms. The molecule has 4 heteroatoms. The van der Waals surface area contributed by atoms with E-state index in [1.165, 1.54) is 6.07 Å². The maximum atomic E-state index is 13.3. The van der Waals surface area contributed by atoms with Gasteiger partial charge in [0.1, 0.15) is 5.82 Å². The predicted molar refractivity (Wildman–Crippen MR) is 85.5 cm³/mol. The summed E-state index contributed by atoms with van der Waals surface area (Å²) < 4.78 is 13.3. The lowest BCUT2D eigenvalue weighted by molar-refractivity contribution is 0.622. The Kier molecular flexibility index (Phi) is 5.46. The van der Waals surface area contributed by atoms with Gasteiger partial charge in [-0.15, -0.1) is 11.8 Å². The van der Waals surface area contributed by atoms with Crippen molar-refractivity contribution in [2.75, 3.05) is 0 Å². The second kappa shape index (κ2) is 7.11.